The molecule has 0 unspecified atom stereocenters. The van der Waals surface area contributed by atoms with Gasteiger partial charge in [0.1, 0.15) is 5.69 Å². The van der Waals surface area contributed by atoms with E-state index < -0.39 is 23.4 Å². The highest BCUT2D eigenvalue weighted by Crippen LogP contribution is 2.39. The SMILES string of the molecule is O=C(COC(=O)c1cc(Cl)c2c(c1)OCO2)Nc1ccccc1[N+](=O)[O-]. The van der Waals surface area contributed by atoms with E-state index in [4.69, 9.17) is 25.8 Å². The van der Waals surface area contributed by atoms with Crippen molar-refractivity contribution in [2.24, 2.45) is 0 Å². The Morgan fingerprint density at radius 2 is 2.04 bits per heavy atom. The van der Waals surface area contributed by atoms with Gasteiger partial charge in [-0.05, 0) is 18.2 Å². The van der Waals surface area contributed by atoms with Crippen LogP contribution in [0.25, 0.3) is 0 Å². The summed E-state index contributed by atoms with van der Waals surface area (Å²) >= 11 is 5.98. The third-order valence-corrected chi connectivity index (χ3v) is 3.65. The molecule has 26 heavy (non-hydrogen) atoms. The molecule has 0 aromatic heterocycles. The number of esters is 1. The molecule has 0 atom stereocenters. The van der Waals surface area contributed by atoms with Gasteiger partial charge < -0.3 is 19.5 Å². The number of para-hydroxylation sites is 2. The van der Waals surface area contributed by atoms with Crippen LogP contribution in [0.3, 0.4) is 0 Å². The van der Waals surface area contributed by atoms with E-state index in [9.17, 15) is 19.7 Å². The monoisotopic (exact) mass is 378 g/mol. The molecule has 2 aromatic rings. The molecule has 0 spiro atoms. The molecule has 0 aliphatic carbocycles. The smallest absolute Gasteiger partial charge is 0.338 e. The van der Waals surface area contributed by atoms with Gasteiger partial charge in [0, 0.05) is 6.07 Å². The molecule has 0 saturated carbocycles. The Morgan fingerprint density at radius 1 is 1.27 bits per heavy atom. The number of carbonyl (C=O) groups is 2. The minimum Gasteiger partial charge on any atom is -0.454 e. The Kier molecular flexibility index (Phi) is 4.90. The number of nitrogens with zero attached hydrogens (tertiary/aromatic N) is 1. The highest BCUT2D eigenvalue weighted by atomic mass is 35.5. The van der Waals surface area contributed by atoms with Gasteiger partial charge in [-0.15, -0.1) is 0 Å². The van der Waals surface area contributed by atoms with Gasteiger partial charge in [0.25, 0.3) is 11.6 Å². The number of hydrogen-bond donors (Lipinski definition) is 1. The summed E-state index contributed by atoms with van der Waals surface area (Å²) in [6.45, 7) is -0.636. The number of nitro groups is 1. The van der Waals surface area contributed by atoms with Crippen molar-refractivity contribution in [3.8, 4) is 11.5 Å². The molecule has 0 saturated heterocycles. The van der Waals surface area contributed by atoms with Crippen LogP contribution in [-0.4, -0.2) is 30.2 Å². The average Bonchev–Trinajstić information content (AvgIpc) is 3.09. The van der Waals surface area contributed by atoms with Crippen molar-refractivity contribution in [3.05, 3.63) is 57.1 Å². The molecule has 1 aliphatic heterocycles. The van der Waals surface area contributed by atoms with Crippen molar-refractivity contribution in [2.75, 3.05) is 18.7 Å². The maximum Gasteiger partial charge on any atom is 0.338 e. The number of carbonyl (C=O) groups excluding carboxylic acids is 2. The normalized spacial score (nSPS) is 11.7. The fourth-order valence-electron chi connectivity index (χ4n) is 2.22. The third kappa shape index (κ3) is 3.67. The Bertz CT molecular complexity index is 900. The molecular weight excluding hydrogens is 368 g/mol. The lowest BCUT2D eigenvalue weighted by molar-refractivity contribution is -0.383. The van der Waals surface area contributed by atoms with Crippen LogP contribution in [-0.2, 0) is 9.53 Å². The van der Waals surface area contributed by atoms with Crippen LogP contribution in [0.2, 0.25) is 5.02 Å². The molecule has 0 bridgehead atoms. The summed E-state index contributed by atoms with van der Waals surface area (Å²) in [6, 6.07) is 8.33. The summed E-state index contributed by atoms with van der Waals surface area (Å²) in [6.07, 6.45) is 0. The number of ether oxygens (including phenoxy) is 3. The summed E-state index contributed by atoms with van der Waals surface area (Å²) < 4.78 is 15.2. The predicted octanol–water partition coefficient (Wildman–Crippen LogP) is 2.77. The summed E-state index contributed by atoms with van der Waals surface area (Å²) in [4.78, 5) is 34.2. The minimum absolute atomic E-state index is 0.00433. The number of anilines is 1. The topological polar surface area (TPSA) is 117 Å². The van der Waals surface area contributed by atoms with Crippen LogP contribution in [0.4, 0.5) is 11.4 Å². The fraction of sp³-hybridized carbons (Fsp3) is 0.125. The zero-order valence-corrected chi connectivity index (χ0v) is 13.8. The van der Waals surface area contributed by atoms with E-state index >= 15 is 0 Å². The molecule has 1 aliphatic rings. The minimum atomic E-state index is -0.803. The van der Waals surface area contributed by atoms with Crippen LogP contribution in [0.1, 0.15) is 10.4 Å². The van der Waals surface area contributed by atoms with Crippen LogP contribution < -0.4 is 14.8 Å². The van der Waals surface area contributed by atoms with Crippen LogP contribution in [0.15, 0.2) is 36.4 Å². The standard InChI is InChI=1S/C16H11ClN2O7/c17-10-5-9(6-13-15(10)26-8-25-13)16(21)24-7-14(20)18-11-3-1-2-4-12(11)19(22)23/h1-6H,7-8H2,(H,18,20). The van der Waals surface area contributed by atoms with E-state index in [1.807, 2.05) is 0 Å². The Balaban J connectivity index is 1.63. The van der Waals surface area contributed by atoms with Gasteiger partial charge in [0.15, 0.2) is 18.1 Å². The first-order valence-corrected chi connectivity index (χ1v) is 7.63. The number of nitrogens with one attached hydrogen (secondary N) is 1. The highest BCUT2D eigenvalue weighted by molar-refractivity contribution is 6.32. The van der Waals surface area contributed by atoms with Gasteiger partial charge in [-0.3, -0.25) is 14.9 Å². The zero-order chi connectivity index (χ0) is 18.7. The first kappa shape index (κ1) is 17.5. The molecule has 3 rings (SSSR count). The summed E-state index contributed by atoms with van der Waals surface area (Å²) in [5, 5.41) is 13.4. The highest BCUT2D eigenvalue weighted by Gasteiger charge is 2.22. The number of nitro benzene ring substituents is 1. The number of amides is 1. The number of fused-ring (bicyclic) bond motifs is 1. The second-order valence-corrected chi connectivity index (χ2v) is 5.50. The van der Waals surface area contributed by atoms with Crippen LogP contribution in [0.5, 0.6) is 11.5 Å². The van der Waals surface area contributed by atoms with Crippen molar-refractivity contribution < 1.29 is 28.7 Å². The van der Waals surface area contributed by atoms with Gasteiger partial charge in [0.2, 0.25) is 6.79 Å². The molecule has 134 valence electrons. The molecule has 9 nitrogen and oxygen atoms in total. The van der Waals surface area contributed by atoms with Gasteiger partial charge >= 0.3 is 5.97 Å². The summed E-state index contributed by atoms with van der Waals surface area (Å²) in [7, 11) is 0. The van der Waals surface area contributed by atoms with E-state index in [-0.39, 0.29) is 28.8 Å². The maximum atomic E-state index is 12.1. The van der Waals surface area contributed by atoms with Crippen molar-refractivity contribution in [2.45, 2.75) is 0 Å². The quantitative estimate of drug-likeness (QED) is 0.483. The third-order valence-electron chi connectivity index (χ3n) is 3.37. The number of halogens is 1. The lowest BCUT2D eigenvalue weighted by Crippen LogP contribution is -2.21. The predicted molar refractivity (Wildman–Crippen MR) is 89.6 cm³/mol. The van der Waals surface area contributed by atoms with Gasteiger partial charge in [-0.25, -0.2) is 4.79 Å². The van der Waals surface area contributed by atoms with E-state index in [0.717, 1.165) is 0 Å². The van der Waals surface area contributed by atoms with Crippen LogP contribution >= 0.6 is 11.6 Å². The first-order valence-electron chi connectivity index (χ1n) is 7.25. The summed E-state index contributed by atoms with van der Waals surface area (Å²) in [5.74, 6) is -0.895. The first-order chi connectivity index (χ1) is 12.5. The van der Waals surface area contributed by atoms with E-state index in [1.54, 1.807) is 0 Å². The fourth-order valence-corrected chi connectivity index (χ4v) is 2.49. The number of benzene rings is 2. The van der Waals surface area contributed by atoms with E-state index in [2.05, 4.69) is 5.32 Å². The lowest BCUT2D eigenvalue weighted by atomic mass is 10.2. The Morgan fingerprint density at radius 3 is 2.81 bits per heavy atom. The van der Waals surface area contributed by atoms with Crippen molar-refractivity contribution in [1.29, 1.82) is 0 Å². The Hall–Kier alpha value is -3.33. The molecule has 0 fully saturated rings. The zero-order valence-electron chi connectivity index (χ0n) is 13.1. The Labute approximate surface area is 151 Å². The van der Waals surface area contributed by atoms with Gasteiger partial charge in [0.05, 0.1) is 15.5 Å². The molecule has 1 amide bonds. The molecule has 2 aromatic carbocycles. The van der Waals surface area contributed by atoms with Crippen molar-refractivity contribution in [3.63, 3.8) is 0 Å². The second-order valence-electron chi connectivity index (χ2n) is 5.09. The number of hydrogen-bond acceptors (Lipinski definition) is 7. The molecule has 1 N–H and O–H groups in total. The van der Waals surface area contributed by atoms with Crippen molar-refractivity contribution in [1.82, 2.24) is 0 Å². The maximum absolute atomic E-state index is 12.1. The van der Waals surface area contributed by atoms with Crippen molar-refractivity contribution >= 4 is 34.9 Å². The van der Waals surface area contributed by atoms with Gasteiger partial charge in [-0.2, -0.15) is 0 Å². The second kappa shape index (κ2) is 7.28. The van der Waals surface area contributed by atoms with Crippen LogP contribution in [0, 0.1) is 10.1 Å². The number of rotatable bonds is 5. The average molecular weight is 379 g/mol. The van der Waals surface area contributed by atoms with E-state index in [0.29, 0.717) is 11.5 Å². The molecule has 0 radical (unpaired) electrons. The largest absolute Gasteiger partial charge is 0.454 e. The summed E-state index contributed by atoms with van der Waals surface area (Å²) in [5.41, 5.74) is -0.183. The van der Waals surface area contributed by atoms with E-state index in [1.165, 1.54) is 36.4 Å². The lowest BCUT2D eigenvalue weighted by Gasteiger charge is -2.08. The molecular formula is C16H11ClN2O7. The molecule has 10 heteroatoms. The molecule has 1 heterocycles. The van der Waals surface area contributed by atoms with Gasteiger partial charge in [-0.1, -0.05) is 23.7 Å².